The number of rotatable bonds is 2. The molecule has 0 aromatic rings. The Kier molecular flexibility index (Phi) is 2.13. The van der Waals surface area contributed by atoms with Gasteiger partial charge in [0.25, 0.3) is 0 Å². The van der Waals surface area contributed by atoms with Gasteiger partial charge in [0, 0.05) is 6.54 Å². The molecule has 12 heavy (non-hydrogen) atoms. The van der Waals surface area contributed by atoms with Crippen LogP contribution in [-0.4, -0.2) is 36.2 Å². The van der Waals surface area contributed by atoms with Crippen LogP contribution in [0.5, 0.6) is 0 Å². The van der Waals surface area contributed by atoms with Gasteiger partial charge in [-0.2, -0.15) is 0 Å². The molecule has 0 spiro atoms. The fraction of sp³-hybridized carbons (Fsp3) is 1.00. The van der Waals surface area contributed by atoms with Crippen molar-refractivity contribution in [3.63, 3.8) is 0 Å². The molecule has 1 unspecified atom stereocenters. The molecule has 0 amide bonds. The van der Waals surface area contributed by atoms with Gasteiger partial charge in [0.15, 0.2) is 0 Å². The van der Waals surface area contributed by atoms with E-state index in [1.807, 2.05) is 0 Å². The van der Waals surface area contributed by atoms with Crippen LogP contribution in [0, 0.1) is 0 Å². The summed E-state index contributed by atoms with van der Waals surface area (Å²) in [7, 11) is 0. The van der Waals surface area contributed by atoms with Crippen molar-refractivity contribution in [2.45, 2.75) is 44.8 Å². The van der Waals surface area contributed by atoms with Gasteiger partial charge < -0.3 is 9.64 Å². The molecule has 0 saturated carbocycles. The molecule has 0 aromatic heterocycles. The van der Waals surface area contributed by atoms with Gasteiger partial charge >= 0.3 is 0 Å². The van der Waals surface area contributed by atoms with Crippen LogP contribution in [0.2, 0.25) is 0 Å². The third-order valence-corrected chi connectivity index (χ3v) is 3.04. The van der Waals surface area contributed by atoms with Crippen LogP contribution in [0.1, 0.15) is 33.1 Å². The number of likely N-dealkylation sites (tertiary alicyclic amines) is 1. The van der Waals surface area contributed by atoms with Gasteiger partial charge in [-0.25, -0.2) is 0 Å². The molecule has 70 valence electrons. The van der Waals surface area contributed by atoms with Crippen molar-refractivity contribution in [1.82, 2.24) is 4.90 Å². The zero-order chi connectivity index (χ0) is 8.60. The average molecular weight is 169 g/mol. The van der Waals surface area contributed by atoms with Crippen molar-refractivity contribution >= 4 is 0 Å². The molecule has 2 heterocycles. The highest BCUT2D eigenvalue weighted by Gasteiger charge is 2.48. The van der Waals surface area contributed by atoms with E-state index < -0.39 is 0 Å². The molecule has 2 heteroatoms. The highest BCUT2D eigenvalue weighted by Crippen LogP contribution is 2.35. The van der Waals surface area contributed by atoms with Gasteiger partial charge in [-0.05, 0) is 39.8 Å². The Morgan fingerprint density at radius 2 is 1.83 bits per heavy atom. The fourth-order valence-electron chi connectivity index (χ4n) is 1.97. The first-order chi connectivity index (χ1) is 5.68. The minimum absolute atomic E-state index is 0.178. The first-order valence-corrected chi connectivity index (χ1v) is 5.09. The number of epoxide rings is 1. The largest absolute Gasteiger partial charge is 0.365 e. The standard InChI is InChI=1S/C10H19NO/c1-10(2)9(12-10)8-11-6-4-3-5-7-11/h9H,3-8H2,1-2H3. The molecule has 1 atom stereocenters. The zero-order valence-electron chi connectivity index (χ0n) is 8.18. The summed E-state index contributed by atoms with van der Waals surface area (Å²) in [6.07, 6.45) is 4.70. The number of hydrogen-bond donors (Lipinski definition) is 0. The minimum atomic E-state index is 0.178. The second-order valence-electron chi connectivity index (χ2n) is 4.57. The lowest BCUT2D eigenvalue weighted by Gasteiger charge is -2.25. The SMILES string of the molecule is CC1(C)OC1CN1CCCCC1. The van der Waals surface area contributed by atoms with Crippen molar-refractivity contribution in [2.24, 2.45) is 0 Å². The highest BCUT2D eigenvalue weighted by atomic mass is 16.6. The second kappa shape index (κ2) is 3.00. The van der Waals surface area contributed by atoms with Crippen molar-refractivity contribution in [3.8, 4) is 0 Å². The average Bonchev–Trinajstić information content (AvgIpc) is 2.61. The van der Waals surface area contributed by atoms with Crippen LogP contribution in [0.15, 0.2) is 0 Å². The first-order valence-electron chi connectivity index (χ1n) is 5.09. The monoisotopic (exact) mass is 169 g/mol. The van der Waals surface area contributed by atoms with Gasteiger partial charge in [0.1, 0.15) is 0 Å². The van der Waals surface area contributed by atoms with Crippen molar-refractivity contribution < 1.29 is 4.74 Å². The maximum absolute atomic E-state index is 5.57. The maximum atomic E-state index is 5.57. The lowest BCUT2D eigenvalue weighted by Crippen LogP contribution is -2.34. The molecule has 2 aliphatic rings. The first kappa shape index (κ1) is 8.52. The van der Waals surface area contributed by atoms with Gasteiger partial charge in [-0.15, -0.1) is 0 Å². The summed E-state index contributed by atoms with van der Waals surface area (Å²) in [6.45, 7) is 8.10. The summed E-state index contributed by atoms with van der Waals surface area (Å²) in [5, 5.41) is 0. The number of hydrogen-bond acceptors (Lipinski definition) is 2. The van der Waals surface area contributed by atoms with Crippen molar-refractivity contribution in [2.75, 3.05) is 19.6 Å². The summed E-state index contributed by atoms with van der Waals surface area (Å²) in [4.78, 5) is 2.54. The van der Waals surface area contributed by atoms with E-state index in [1.54, 1.807) is 0 Å². The highest BCUT2D eigenvalue weighted by molar-refractivity contribution is 4.96. The quantitative estimate of drug-likeness (QED) is 0.584. The smallest absolute Gasteiger partial charge is 0.0994 e. The molecule has 2 aliphatic heterocycles. The lowest BCUT2D eigenvalue weighted by atomic mass is 10.1. The third kappa shape index (κ3) is 1.80. The van der Waals surface area contributed by atoms with E-state index in [1.165, 1.54) is 32.4 Å². The Morgan fingerprint density at radius 3 is 2.33 bits per heavy atom. The molecule has 0 radical (unpaired) electrons. The summed E-state index contributed by atoms with van der Waals surface area (Å²) in [6, 6.07) is 0. The van der Waals surface area contributed by atoms with E-state index in [9.17, 15) is 0 Å². The Morgan fingerprint density at radius 1 is 1.25 bits per heavy atom. The van der Waals surface area contributed by atoms with Crippen LogP contribution < -0.4 is 0 Å². The normalized spacial score (nSPS) is 35.0. The maximum Gasteiger partial charge on any atom is 0.0994 e. The molecule has 0 N–H and O–H groups in total. The van der Waals surface area contributed by atoms with Gasteiger partial charge in [0.2, 0.25) is 0 Å². The molecule has 2 rings (SSSR count). The van der Waals surface area contributed by atoms with Crippen LogP contribution in [0.3, 0.4) is 0 Å². The zero-order valence-corrected chi connectivity index (χ0v) is 8.18. The van der Waals surface area contributed by atoms with E-state index in [0.717, 1.165) is 6.54 Å². The number of nitrogens with zero attached hydrogens (tertiary/aromatic N) is 1. The molecule has 0 bridgehead atoms. The Bertz CT molecular complexity index is 161. The van der Waals surface area contributed by atoms with Gasteiger partial charge in [-0.3, -0.25) is 0 Å². The molecule has 2 fully saturated rings. The van der Waals surface area contributed by atoms with Gasteiger partial charge in [0.05, 0.1) is 11.7 Å². The molecule has 2 nitrogen and oxygen atoms in total. The topological polar surface area (TPSA) is 15.8 Å². The fourth-order valence-corrected chi connectivity index (χ4v) is 1.97. The van der Waals surface area contributed by atoms with Crippen molar-refractivity contribution in [1.29, 1.82) is 0 Å². The Hall–Kier alpha value is -0.0800. The summed E-state index contributed by atoms with van der Waals surface area (Å²) < 4.78 is 5.57. The van der Waals surface area contributed by atoms with Crippen LogP contribution in [-0.2, 0) is 4.74 Å². The summed E-state index contributed by atoms with van der Waals surface area (Å²) in [5.74, 6) is 0. The van der Waals surface area contributed by atoms with Crippen LogP contribution in [0.4, 0.5) is 0 Å². The summed E-state index contributed by atoms with van der Waals surface area (Å²) in [5.41, 5.74) is 0.178. The van der Waals surface area contributed by atoms with E-state index in [0.29, 0.717) is 6.10 Å². The van der Waals surface area contributed by atoms with Crippen molar-refractivity contribution in [3.05, 3.63) is 0 Å². The number of piperidine rings is 1. The Balaban J connectivity index is 1.73. The molecule has 0 aliphatic carbocycles. The molecule has 0 aromatic carbocycles. The second-order valence-corrected chi connectivity index (χ2v) is 4.57. The molecular weight excluding hydrogens is 150 g/mol. The van der Waals surface area contributed by atoms with Crippen LogP contribution >= 0.6 is 0 Å². The van der Waals surface area contributed by atoms with E-state index in [-0.39, 0.29) is 5.60 Å². The van der Waals surface area contributed by atoms with Gasteiger partial charge in [-0.1, -0.05) is 6.42 Å². The third-order valence-electron chi connectivity index (χ3n) is 3.04. The molecular formula is C10H19NO. The predicted molar refractivity (Wildman–Crippen MR) is 49.2 cm³/mol. The lowest BCUT2D eigenvalue weighted by molar-refractivity contribution is 0.206. The Labute approximate surface area is 74.9 Å². The predicted octanol–water partition coefficient (Wildman–Crippen LogP) is 1.65. The van der Waals surface area contributed by atoms with E-state index in [4.69, 9.17) is 4.74 Å². The molecule has 2 saturated heterocycles. The van der Waals surface area contributed by atoms with Crippen LogP contribution in [0.25, 0.3) is 0 Å². The summed E-state index contributed by atoms with van der Waals surface area (Å²) >= 11 is 0. The number of ether oxygens (including phenoxy) is 1. The minimum Gasteiger partial charge on any atom is -0.365 e. The van der Waals surface area contributed by atoms with E-state index >= 15 is 0 Å². The van der Waals surface area contributed by atoms with E-state index in [2.05, 4.69) is 18.7 Å².